The summed E-state index contributed by atoms with van der Waals surface area (Å²) in [6, 6.07) is 4.07. The Morgan fingerprint density at radius 1 is 1.56 bits per heavy atom. The van der Waals surface area contributed by atoms with Crippen LogP contribution < -0.4 is 4.90 Å². The lowest BCUT2D eigenvalue weighted by Crippen LogP contribution is -2.39. The van der Waals surface area contributed by atoms with Crippen LogP contribution in [0.4, 0.5) is 5.82 Å². The van der Waals surface area contributed by atoms with Gasteiger partial charge in [-0.25, -0.2) is 4.98 Å². The van der Waals surface area contributed by atoms with Crippen molar-refractivity contribution in [2.45, 2.75) is 26.7 Å². The average Bonchev–Trinajstić information content (AvgIpc) is 2.40. The summed E-state index contributed by atoms with van der Waals surface area (Å²) in [7, 11) is 0. The summed E-state index contributed by atoms with van der Waals surface area (Å²) in [5.74, 6) is 0.866. The van der Waals surface area contributed by atoms with Crippen LogP contribution in [0.15, 0.2) is 18.3 Å². The molecular formula is C14H20N2O2. The highest BCUT2D eigenvalue weighted by atomic mass is 16.5. The zero-order chi connectivity index (χ0) is 13.0. The largest absolute Gasteiger partial charge is 0.466 e. The molecule has 0 saturated carbocycles. The van der Waals surface area contributed by atoms with E-state index in [-0.39, 0.29) is 11.9 Å². The van der Waals surface area contributed by atoms with Crippen molar-refractivity contribution in [2.24, 2.45) is 5.92 Å². The van der Waals surface area contributed by atoms with Crippen LogP contribution in [0.5, 0.6) is 0 Å². The van der Waals surface area contributed by atoms with Crippen LogP contribution in [0, 0.1) is 12.8 Å². The number of nitrogens with zero attached hydrogens (tertiary/aromatic N) is 2. The molecule has 98 valence electrons. The van der Waals surface area contributed by atoms with Crippen LogP contribution in [-0.4, -0.2) is 30.6 Å². The third-order valence-corrected chi connectivity index (χ3v) is 3.26. The first-order chi connectivity index (χ1) is 8.70. The van der Waals surface area contributed by atoms with Crippen molar-refractivity contribution in [3.8, 4) is 0 Å². The Kier molecular flexibility index (Phi) is 4.18. The molecule has 4 heteroatoms. The number of esters is 1. The molecule has 0 amide bonds. The summed E-state index contributed by atoms with van der Waals surface area (Å²) in [5, 5.41) is 0. The van der Waals surface area contributed by atoms with Gasteiger partial charge in [0.2, 0.25) is 0 Å². The van der Waals surface area contributed by atoms with E-state index in [0.717, 1.165) is 37.3 Å². The van der Waals surface area contributed by atoms with E-state index in [4.69, 9.17) is 4.74 Å². The Balaban J connectivity index is 2.02. The first-order valence-electron chi connectivity index (χ1n) is 6.55. The third-order valence-electron chi connectivity index (χ3n) is 3.26. The van der Waals surface area contributed by atoms with Crippen molar-refractivity contribution in [3.63, 3.8) is 0 Å². The van der Waals surface area contributed by atoms with Gasteiger partial charge in [-0.3, -0.25) is 4.79 Å². The topological polar surface area (TPSA) is 42.4 Å². The molecule has 0 radical (unpaired) electrons. The predicted octanol–water partition coefficient (Wildman–Crippen LogP) is 2.17. The average molecular weight is 248 g/mol. The van der Waals surface area contributed by atoms with Gasteiger partial charge in [-0.2, -0.15) is 0 Å². The maximum absolute atomic E-state index is 11.8. The van der Waals surface area contributed by atoms with Gasteiger partial charge in [0.1, 0.15) is 5.82 Å². The number of piperidine rings is 1. The molecule has 0 aromatic carbocycles. The number of hydrogen-bond donors (Lipinski definition) is 0. The SMILES string of the molecule is CCOC(=O)C1CCCN(c2ccc(C)cn2)C1. The van der Waals surface area contributed by atoms with Gasteiger partial charge in [0.05, 0.1) is 12.5 Å². The molecule has 0 bridgehead atoms. The van der Waals surface area contributed by atoms with E-state index in [0.29, 0.717) is 6.61 Å². The molecule has 1 saturated heterocycles. The Hall–Kier alpha value is -1.58. The molecule has 2 heterocycles. The quantitative estimate of drug-likeness (QED) is 0.769. The Morgan fingerprint density at radius 3 is 3.06 bits per heavy atom. The van der Waals surface area contributed by atoms with Crippen LogP contribution >= 0.6 is 0 Å². The zero-order valence-corrected chi connectivity index (χ0v) is 11.1. The Labute approximate surface area is 108 Å². The first kappa shape index (κ1) is 12.9. The van der Waals surface area contributed by atoms with E-state index in [2.05, 4.69) is 16.0 Å². The van der Waals surface area contributed by atoms with E-state index in [1.165, 1.54) is 0 Å². The number of aromatic nitrogens is 1. The van der Waals surface area contributed by atoms with Gasteiger partial charge >= 0.3 is 5.97 Å². The predicted molar refractivity (Wildman–Crippen MR) is 70.5 cm³/mol. The van der Waals surface area contributed by atoms with Gasteiger partial charge in [-0.1, -0.05) is 6.07 Å². The molecule has 0 spiro atoms. The lowest BCUT2D eigenvalue weighted by Gasteiger charge is -2.32. The fraction of sp³-hybridized carbons (Fsp3) is 0.571. The van der Waals surface area contributed by atoms with Gasteiger partial charge in [0, 0.05) is 19.3 Å². The minimum absolute atomic E-state index is 0.0122. The fourth-order valence-corrected chi connectivity index (χ4v) is 2.28. The summed E-state index contributed by atoms with van der Waals surface area (Å²) in [4.78, 5) is 18.3. The Bertz CT molecular complexity index is 403. The van der Waals surface area contributed by atoms with Crippen LogP contribution in [-0.2, 0) is 9.53 Å². The van der Waals surface area contributed by atoms with Crippen LogP contribution in [0.1, 0.15) is 25.3 Å². The van der Waals surface area contributed by atoms with E-state index in [9.17, 15) is 4.79 Å². The molecule has 1 unspecified atom stereocenters. The molecule has 1 aliphatic heterocycles. The van der Waals surface area contributed by atoms with E-state index in [1.54, 1.807) is 0 Å². The van der Waals surface area contributed by atoms with Crippen LogP contribution in [0.2, 0.25) is 0 Å². The van der Waals surface area contributed by atoms with Gasteiger partial charge in [0.15, 0.2) is 0 Å². The molecule has 4 nitrogen and oxygen atoms in total. The second-order valence-electron chi connectivity index (χ2n) is 4.73. The van der Waals surface area contributed by atoms with Crippen molar-refractivity contribution in [3.05, 3.63) is 23.9 Å². The van der Waals surface area contributed by atoms with Gasteiger partial charge < -0.3 is 9.64 Å². The summed E-state index contributed by atoms with van der Waals surface area (Å²) >= 11 is 0. The minimum Gasteiger partial charge on any atom is -0.466 e. The third kappa shape index (κ3) is 3.00. The molecule has 1 aromatic rings. The monoisotopic (exact) mass is 248 g/mol. The summed E-state index contributed by atoms with van der Waals surface area (Å²) in [6.45, 7) is 6.01. The number of carbonyl (C=O) groups is 1. The number of rotatable bonds is 3. The molecule has 1 atom stereocenters. The summed E-state index contributed by atoms with van der Waals surface area (Å²) in [5.41, 5.74) is 1.15. The molecular weight excluding hydrogens is 228 g/mol. The van der Waals surface area contributed by atoms with Crippen molar-refractivity contribution in [2.75, 3.05) is 24.6 Å². The highest BCUT2D eigenvalue weighted by Crippen LogP contribution is 2.22. The minimum atomic E-state index is -0.0747. The smallest absolute Gasteiger partial charge is 0.310 e. The number of aryl methyl sites for hydroxylation is 1. The number of pyridine rings is 1. The fourth-order valence-electron chi connectivity index (χ4n) is 2.28. The van der Waals surface area contributed by atoms with Crippen LogP contribution in [0.25, 0.3) is 0 Å². The summed E-state index contributed by atoms with van der Waals surface area (Å²) < 4.78 is 5.10. The highest BCUT2D eigenvalue weighted by Gasteiger charge is 2.27. The number of carbonyl (C=O) groups excluding carboxylic acids is 1. The van der Waals surface area contributed by atoms with Gasteiger partial charge in [-0.15, -0.1) is 0 Å². The van der Waals surface area contributed by atoms with Gasteiger partial charge in [-0.05, 0) is 38.3 Å². The maximum Gasteiger partial charge on any atom is 0.310 e. The van der Waals surface area contributed by atoms with Crippen molar-refractivity contribution in [1.29, 1.82) is 0 Å². The Morgan fingerprint density at radius 2 is 2.39 bits per heavy atom. The number of hydrogen-bond acceptors (Lipinski definition) is 4. The molecule has 1 aromatic heterocycles. The van der Waals surface area contributed by atoms with Crippen molar-refractivity contribution in [1.82, 2.24) is 4.98 Å². The molecule has 0 aliphatic carbocycles. The molecule has 18 heavy (non-hydrogen) atoms. The van der Waals surface area contributed by atoms with Crippen molar-refractivity contribution < 1.29 is 9.53 Å². The van der Waals surface area contributed by atoms with E-state index >= 15 is 0 Å². The lowest BCUT2D eigenvalue weighted by molar-refractivity contribution is -0.148. The second kappa shape index (κ2) is 5.85. The zero-order valence-electron chi connectivity index (χ0n) is 11.1. The second-order valence-corrected chi connectivity index (χ2v) is 4.73. The first-order valence-corrected chi connectivity index (χ1v) is 6.55. The molecule has 2 rings (SSSR count). The summed E-state index contributed by atoms with van der Waals surface area (Å²) in [6.07, 6.45) is 3.80. The van der Waals surface area contributed by atoms with Gasteiger partial charge in [0.25, 0.3) is 0 Å². The lowest BCUT2D eigenvalue weighted by atomic mass is 9.98. The molecule has 1 aliphatic rings. The maximum atomic E-state index is 11.8. The number of ether oxygens (including phenoxy) is 1. The molecule has 1 fully saturated rings. The van der Waals surface area contributed by atoms with Crippen LogP contribution in [0.3, 0.4) is 0 Å². The van der Waals surface area contributed by atoms with Crippen molar-refractivity contribution >= 4 is 11.8 Å². The number of anilines is 1. The molecule has 0 N–H and O–H groups in total. The van der Waals surface area contributed by atoms with E-state index in [1.807, 2.05) is 26.1 Å². The van der Waals surface area contributed by atoms with E-state index < -0.39 is 0 Å². The highest BCUT2D eigenvalue weighted by molar-refractivity contribution is 5.73. The normalized spacial score (nSPS) is 19.7. The standard InChI is InChI=1S/C14H20N2O2/c1-3-18-14(17)12-5-4-8-16(10-12)13-7-6-11(2)9-15-13/h6-7,9,12H,3-5,8,10H2,1-2H3.